The summed E-state index contributed by atoms with van der Waals surface area (Å²) in [7, 11) is 0. The van der Waals surface area contributed by atoms with Gasteiger partial charge in [0.1, 0.15) is 0 Å². The third-order valence-electron chi connectivity index (χ3n) is 2.95. The van der Waals surface area contributed by atoms with E-state index in [1.807, 2.05) is 6.07 Å². The number of aromatic nitrogens is 1. The van der Waals surface area contributed by atoms with Crippen molar-refractivity contribution in [1.29, 1.82) is 0 Å². The highest BCUT2D eigenvalue weighted by Gasteiger charge is 2.06. The lowest BCUT2D eigenvalue weighted by molar-refractivity contribution is 0.578. The van der Waals surface area contributed by atoms with Crippen LogP contribution in [0.4, 0.5) is 5.69 Å². The Balaban J connectivity index is 2.30. The number of nitrogens with one attached hydrogen (secondary N) is 1. The molecule has 0 saturated carbocycles. The maximum atomic E-state index is 6.05. The Morgan fingerprint density at radius 2 is 2.06 bits per heavy atom. The van der Waals surface area contributed by atoms with Gasteiger partial charge < -0.3 is 5.32 Å². The van der Waals surface area contributed by atoms with Gasteiger partial charge in [-0.15, -0.1) is 0 Å². The number of hydrogen-bond donors (Lipinski definition) is 1. The molecule has 0 spiro atoms. The molecule has 0 amide bonds. The molecule has 1 N–H and O–H groups in total. The Bertz CT molecular complexity index is 358. The minimum atomic E-state index is 0.431. The molecule has 1 aromatic heterocycles. The van der Waals surface area contributed by atoms with Crippen LogP contribution in [0, 0.1) is 0 Å². The van der Waals surface area contributed by atoms with Gasteiger partial charge in [-0.2, -0.15) is 0 Å². The fourth-order valence-corrected chi connectivity index (χ4v) is 2.40. The molecule has 1 rings (SSSR count). The van der Waals surface area contributed by atoms with Crippen LogP contribution < -0.4 is 5.32 Å². The van der Waals surface area contributed by atoms with Crippen LogP contribution in [0.1, 0.15) is 52.4 Å². The second kappa shape index (κ2) is 8.76. The first-order valence-corrected chi connectivity index (χ1v) is 7.88. The summed E-state index contributed by atoms with van der Waals surface area (Å²) in [6.07, 6.45) is 9.48. The second-order valence-corrected chi connectivity index (χ2v) is 6.01. The summed E-state index contributed by atoms with van der Waals surface area (Å²) in [5.74, 6) is 0. The van der Waals surface area contributed by atoms with Crippen molar-refractivity contribution in [3.63, 3.8) is 0 Å². The van der Waals surface area contributed by atoms with Crippen molar-refractivity contribution in [1.82, 2.24) is 4.98 Å². The third kappa shape index (κ3) is 6.05. The molecule has 0 aromatic carbocycles. The predicted octanol–water partition coefficient (Wildman–Crippen LogP) is 5.66. The zero-order valence-electron chi connectivity index (χ0n) is 11.2. The van der Waals surface area contributed by atoms with Gasteiger partial charge in [0.25, 0.3) is 0 Å². The summed E-state index contributed by atoms with van der Waals surface area (Å²) in [4.78, 5) is 4.11. The topological polar surface area (TPSA) is 24.9 Å². The summed E-state index contributed by atoms with van der Waals surface area (Å²) < 4.78 is 0.949. The number of anilines is 1. The van der Waals surface area contributed by atoms with E-state index in [4.69, 9.17) is 11.6 Å². The quantitative estimate of drug-likeness (QED) is 0.490. The molecule has 0 aliphatic heterocycles. The van der Waals surface area contributed by atoms with E-state index in [1.54, 1.807) is 6.20 Å². The van der Waals surface area contributed by atoms with E-state index < -0.39 is 0 Å². The van der Waals surface area contributed by atoms with Gasteiger partial charge in [0.2, 0.25) is 0 Å². The Kier molecular flexibility index (Phi) is 7.68. The second-order valence-electron chi connectivity index (χ2n) is 4.74. The van der Waals surface area contributed by atoms with Crippen molar-refractivity contribution in [2.45, 2.75) is 58.4 Å². The van der Waals surface area contributed by atoms with Crippen LogP contribution in [0.25, 0.3) is 0 Å². The zero-order valence-corrected chi connectivity index (χ0v) is 13.5. The molecule has 4 heteroatoms. The Hall–Kier alpha value is -0.280. The average Bonchev–Trinajstić information content (AvgIpc) is 2.33. The third-order valence-corrected chi connectivity index (χ3v) is 3.68. The van der Waals surface area contributed by atoms with Crippen molar-refractivity contribution < 1.29 is 0 Å². The first-order valence-electron chi connectivity index (χ1n) is 6.71. The highest BCUT2D eigenvalue weighted by Crippen LogP contribution is 2.24. The van der Waals surface area contributed by atoms with E-state index >= 15 is 0 Å². The number of hydrogen-bond acceptors (Lipinski definition) is 2. The molecule has 1 heterocycles. The Morgan fingerprint density at radius 1 is 1.33 bits per heavy atom. The van der Waals surface area contributed by atoms with Gasteiger partial charge in [0, 0.05) is 16.7 Å². The largest absolute Gasteiger partial charge is 0.380 e. The summed E-state index contributed by atoms with van der Waals surface area (Å²) in [6, 6.07) is 2.41. The van der Waals surface area contributed by atoms with E-state index in [9.17, 15) is 0 Å². The van der Waals surface area contributed by atoms with Crippen LogP contribution in [0.15, 0.2) is 16.7 Å². The molecule has 1 unspecified atom stereocenters. The van der Waals surface area contributed by atoms with Crippen molar-refractivity contribution in [3.8, 4) is 0 Å². The van der Waals surface area contributed by atoms with Gasteiger partial charge in [-0.05, 0) is 35.3 Å². The number of pyridine rings is 1. The highest BCUT2D eigenvalue weighted by molar-refractivity contribution is 9.10. The molecule has 0 saturated heterocycles. The number of halogens is 2. The number of unbranched alkanes of at least 4 members (excludes halogenated alkanes) is 4. The molecule has 0 aliphatic carbocycles. The Morgan fingerprint density at radius 3 is 2.78 bits per heavy atom. The molecule has 18 heavy (non-hydrogen) atoms. The Labute approximate surface area is 124 Å². The van der Waals surface area contributed by atoms with E-state index in [0.29, 0.717) is 11.2 Å². The fraction of sp³-hybridized carbons (Fsp3) is 0.643. The molecule has 1 atom stereocenters. The van der Waals surface area contributed by atoms with Gasteiger partial charge >= 0.3 is 0 Å². The lowest BCUT2D eigenvalue weighted by Crippen LogP contribution is -2.15. The first-order chi connectivity index (χ1) is 8.63. The SMILES string of the molecule is CCCCCCCC(C)Nc1cc(Br)cnc1Cl. The van der Waals surface area contributed by atoms with Gasteiger partial charge in [0.15, 0.2) is 5.15 Å². The van der Waals surface area contributed by atoms with Crippen LogP contribution in [-0.4, -0.2) is 11.0 Å². The molecule has 0 aliphatic rings. The van der Waals surface area contributed by atoms with Crippen molar-refractivity contribution >= 4 is 33.2 Å². The van der Waals surface area contributed by atoms with Crippen LogP contribution >= 0.6 is 27.5 Å². The predicted molar refractivity (Wildman–Crippen MR) is 83.4 cm³/mol. The molecule has 0 radical (unpaired) electrons. The van der Waals surface area contributed by atoms with Crippen molar-refractivity contribution in [2.75, 3.05) is 5.32 Å². The van der Waals surface area contributed by atoms with Crippen LogP contribution in [0.3, 0.4) is 0 Å². The lowest BCUT2D eigenvalue weighted by atomic mass is 10.1. The zero-order chi connectivity index (χ0) is 13.4. The normalized spacial score (nSPS) is 12.4. The van der Waals surface area contributed by atoms with E-state index in [-0.39, 0.29) is 0 Å². The van der Waals surface area contributed by atoms with Crippen LogP contribution in [0.2, 0.25) is 5.15 Å². The maximum absolute atomic E-state index is 6.05. The molecular formula is C14H22BrClN2. The summed E-state index contributed by atoms with van der Waals surface area (Å²) >= 11 is 9.45. The van der Waals surface area contributed by atoms with E-state index in [1.165, 1.54) is 38.5 Å². The first kappa shape index (κ1) is 15.8. The van der Waals surface area contributed by atoms with E-state index in [0.717, 1.165) is 10.2 Å². The smallest absolute Gasteiger partial charge is 0.152 e. The van der Waals surface area contributed by atoms with Crippen LogP contribution in [0.5, 0.6) is 0 Å². The van der Waals surface area contributed by atoms with E-state index in [2.05, 4.69) is 40.1 Å². The molecule has 0 fully saturated rings. The van der Waals surface area contributed by atoms with Gasteiger partial charge in [-0.1, -0.05) is 50.6 Å². The van der Waals surface area contributed by atoms with Crippen LogP contribution in [-0.2, 0) is 0 Å². The summed E-state index contributed by atoms with van der Waals surface area (Å²) in [6.45, 7) is 4.43. The monoisotopic (exact) mass is 332 g/mol. The number of nitrogens with zero attached hydrogens (tertiary/aromatic N) is 1. The minimum absolute atomic E-state index is 0.431. The maximum Gasteiger partial charge on any atom is 0.152 e. The minimum Gasteiger partial charge on any atom is -0.380 e. The van der Waals surface area contributed by atoms with Crippen molar-refractivity contribution in [3.05, 3.63) is 21.9 Å². The van der Waals surface area contributed by atoms with Crippen molar-refractivity contribution in [2.24, 2.45) is 0 Å². The van der Waals surface area contributed by atoms with Gasteiger partial charge in [-0.25, -0.2) is 4.98 Å². The van der Waals surface area contributed by atoms with Gasteiger partial charge in [0.05, 0.1) is 5.69 Å². The molecule has 102 valence electrons. The lowest BCUT2D eigenvalue weighted by Gasteiger charge is -2.16. The number of rotatable bonds is 8. The summed E-state index contributed by atoms with van der Waals surface area (Å²) in [5, 5.41) is 3.96. The fourth-order valence-electron chi connectivity index (χ4n) is 1.92. The molecular weight excluding hydrogens is 312 g/mol. The molecule has 2 nitrogen and oxygen atoms in total. The standard InChI is InChI=1S/C14H22BrClN2/c1-3-4-5-6-7-8-11(2)18-13-9-12(15)10-17-14(13)16/h9-11,18H,3-8H2,1-2H3. The average molecular weight is 334 g/mol. The van der Waals surface area contributed by atoms with Gasteiger partial charge in [-0.3, -0.25) is 0 Å². The highest BCUT2D eigenvalue weighted by atomic mass is 79.9. The molecule has 1 aromatic rings. The molecule has 0 bridgehead atoms. The summed E-state index contributed by atoms with van der Waals surface area (Å²) in [5.41, 5.74) is 0.909.